The molecule has 2 N–H and O–H groups in total. The number of halogens is 4. The van der Waals surface area contributed by atoms with Crippen molar-refractivity contribution in [3.63, 3.8) is 0 Å². The van der Waals surface area contributed by atoms with Crippen LogP contribution in [-0.2, 0) is 17.5 Å². The number of aromatic nitrogens is 3. The summed E-state index contributed by atoms with van der Waals surface area (Å²) in [6, 6.07) is 5.17. The normalized spacial score (nSPS) is 14.4. The van der Waals surface area contributed by atoms with E-state index in [0.717, 1.165) is 12.1 Å². The van der Waals surface area contributed by atoms with Gasteiger partial charge in [-0.3, -0.25) is 14.6 Å². The Bertz CT molecular complexity index is 1200. The molecule has 2 aromatic heterocycles. The third kappa shape index (κ3) is 5.36. The van der Waals surface area contributed by atoms with Crippen LogP contribution in [0.1, 0.15) is 40.9 Å². The maximum atomic E-state index is 13.5. The van der Waals surface area contributed by atoms with Crippen LogP contribution in [0.4, 0.5) is 28.9 Å². The summed E-state index contributed by atoms with van der Waals surface area (Å²) in [7, 11) is 0. The Labute approximate surface area is 191 Å². The lowest BCUT2D eigenvalue weighted by atomic mass is 9.96. The molecule has 1 aliphatic rings. The van der Waals surface area contributed by atoms with Crippen LogP contribution in [0, 0.1) is 11.2 Å². The zero-order valence-corrected chi connectivity index (χ0v) is 17.7. The maximum absolute atomic E-state index is 13.5. The Kier molecular flexibility index (Phi) is 6.27. The fourth-order valence-electron chi connectivity index (χ4n) is 3.47. The second-order valence-corrected chi connectivity index (χ2v) is 8.04. The van der Waals surface area contributed by atoms with Gasteiger partial charge in [0.05, 0.1) is 46.4 Å². The second-order valence-electron chi connectivity index (χ2n) is 8.04. The van der Waals surface area contributed by atoms with E-state index < -0.39 is 28.7 Å². The summed E-state index contributed by atoms with van der Waals surface area (Å²) >= 11 is 0. The van der Waals surface area contributed by atoms with E-state index in [1.807, 2.05) is 0 Å². The van der Waals surface area contributed by atoms with E-state index in [2.05, 4.69) is 25.6 Å². The summed E-state index contributed by atoms with van der Waals surface area (Å²) in [5.41, 5.74) is -1.16. The van der Waals surface area contributed by atoms with Crippen molar-refractivity contribution in [3.05, 3.63) is 77.9 Å². The van der Waals surface area contributed by atoms with E-state index >= 15 is 0 Å². The Morgan fingerprint density at radius 3 is 2.38 bits per heavy atom. The summed E-state index contributed by atoms with van der Waals surface area (Å²) in [5, 5.41) is 5.29. The van der Waals surface area contributed by atoms with Gasteiger partial charge in [-0.25, -0.2) is 14.4 Å². The molecule has 4 rings (SSSR count). The van der Waals surface area contributed by atoms with Crippen molar-refractivity contribution in [2.75, 3.05) is 5.32 Å². The van der Waals surface area contributed by atoms with E-state index in [0.29, 0.717) is 30.2 Å². The van der Waals surface area contributed by atoms with E-state index in [1.165, 1.54) is 37.1 Å². The highest BCUT2D eigenvalue weighted by atomic mass is 19.4. The Hall–Kier alpha value is -3.89. The number of amides is 1. The standard InChI is InChI=1S/C23H19F4N5O2/c24-15-1-4-18(23(25,26)27)19(7-15)32-17-3-2-16(30-12-17)11-31-21(34)22(5-6-22)8-20(33)14-9-28-13-29-10-14/h1-4,7,9-10,12-13,32H,5-6,8,11H2,(H,31,34). The summed E-state index contributed by atoms with van der Waals surface area (Å²) in [4.78, 5) is 36.8. The first-order chi connectivity index (χ1) is 16.2. The number of carbonyl (C=O) groups is 2. The minimum absolute atomic E-state index is 0.0532. The first-order valence-electron chi connectivity index (χ1n) is 10.3. The zero-order valence-electron chi connectivity index (χ0n) is 17.7. The number of Topliss-reactive ketones (excluding diaryl/α,β-unsaturated/α-hetero) is 1. The number of anilines is 2. The molecule has 0 saturated heterocycles. The van der Waals surface area contributed by atoms with E-state index in [-0.39, 0.29) is 30.3 Å². The van der Waals surface area contributed by atoms with Crippen LogP contribution in [0.5, 0.6) is 0 Å². The molecule has 1 aromatic carbocycles. The van der Waals surface area contributed by atoms with Gasteiger partial charge >= 0.3 is 6.18 Å². The average molecular weight is 473 g/mol. The van der Waals surface area contributed by atoms with E-state index in [4.69, 9.17) is 0 Å². The molecular formula is C23H19F4N5O2. The van der Waals surface area contributed by atoms with Gasteiger partial charge in [0.15, 0.2) is 5.78 Å². The van der Waals surface area contributed by atoms with Gasteiger partial charge in [0.1, 0.15) is 12.1 Å². The van der Waals surface area contributed by atoms with Crippen molar-refractivity contribution in [1.82, 2.24) is 20.3 Å². The van der Waals surface area contributed by atoms with Gasteiger partial charge in [-0.15, -0.1) is 0 Å². The van der Waals surface area contributed by atoms with Gasteiger partial charge < -0.3 is 10.6 Å². The maximum Gasteiger partial charge on any atom is 0.418 e. The third-order valence-corrected chi connectivity index (χ3v) is 5.54. The van der Waals surface area contributed by atoms with Crippen LogP contribution in [0.2, 0.25) is 0 Å². The van der Waals surface area contributed by atoms with Crippen molar-refractivity contribution >= 4 is 23.1 Å². The number of carbonyl (C=O) groups excluding carboxylic acids is 2. The predicted molar refractivity (Wildman–Crippen MR) is 113 cm³/mol. The highest BCUT2D eigenvalue weighted by Gasteiger charge is 2.51. The molecule has 0 spiro atoms. The quantitative estimate of drug-likeness (QED) is 0.371. The molecule has 0 unspecified atom stereocenters. The second kappa shape index (κ2) is 9.16. The molecule has 176 valence electrons. The van der Waals surface area contributed by atoms with Crippen molar-refractivity contribution in [3.8, 4) is 0 Å². The molecule has 2 heterocycles. The van der Waals surface area contributed by atoms with Crippen LogP contribution < -0.4 is 10.6 Å². The lowest BCUT2D eigenvalue weighted by Gasteiger charge is -2.15. The molecule has 11 heteroatoms. The molecule has 0 radical (unpaired) electrons. The summed E-state index contributed by atoms with van der Waals surface area (Å²) in [6.07, 6.45) is 2.00. The lowest BCUT2D eigenvalue weighted by molar-refractivity contribution is -0.137. The fourth-order valence-corrected chi connectivity index (χ4v) is 3.47. The third-order valence-electron chi connectivity index (χ3n) is 5.54. The SMILES string of the molecule is O=C(CC1(C(=O)NCc2ccc(Nc3cc(F)ccc3C(F)(F)F)cn2)CC1)c1cncnc1. The number of alkyl halides is 3. The topological polar surface area (TPSA) is 96.9 Å². The minimum atomic E-state index is -4.65. The number of nitrogens with one attached hydrogen (secondary N) is 2. The van der Waals surface area contributed by atoms with Gasteiger partial charge in [-0.1, -0.05) is 0 Å². The van der Waals surface area contributed by atoms with Gasteiger partial charge in [-0.2, -0.15) is 13.2 Å². The zero-order chi connectivity index (χ0) is 24.3. The highest BCUT2D eigenvalue weighted by molar-refractivity contribution is 6.00. The monoisotopic (exact) mass is 473 g/mol. The van der Waals surface area contributed by atoms with Crippen LogP contribution in [0.25, 0.3) is 0 Å². The largest absolute Gasteiger partial charge is 0.418 e. The van der Waals surface area contributed by atoms with Gasteiger partial charge in [0, 0.05) is 18.8 Å². The first kappa shape index (κ1) is 23.3. The smallest absolute Gasteiger partial charge is 0.354 e. The van der Waals surface area contributed by atoms with Crippen molar-refractivity contribution in [2.24, 2.45) is 5.41 Å². The van der Waals surface area contributed by atoms with Gasteiger partial charge in [0.25, 0.3) is 0 Å². The minimum Gasteiger partial charge on any atom is -0.354 e. The molecule has 0 bridgehead atoms. The number of hydrogen-bond acceptors (Lipinski definition) is 6. The molecular weight excluding hydrogens is 454 g/mol. The molecule has 3 aromatic rings. The molecule has 1 fully saturated rings. The van der Waals surface area contributed by atoms with Crippen molar-refractivity contribution < 1.29 is 27.2 Å². The highest BCUT2D eigenvalue weighted by Crippen LogP contribution is 2.49. The number of rotatable bonds is 8. The van der Waals surface area contributed by atoms with Crippen LogP contribution in [0.15, 0.2) is 55.2 Å². The molecule has 7 nitrogen and oxygen atoms in total. The average Bonchev–Trinajstić information content (AvgIpc) is 3.59. The summed E-state index contributed by atoms with van der Waals surface area (Å²) in [5.74, 6) is -1.29. The van der Waals surface area contributed by atoms with Crippen molar-refractivity contribution in [1.29, 1.82) is 0 Å². The van der Waals surface area contributed by atoms with Crippen LogP contribution in [0.3, 0.4) is 0 Å². The van der Waals surface area contributed by atoms with E-state index in [9.17, 15) is 27.2 Å². The Morgan fingerprint density at radius 2 is 1.76 bits per heavy atom. The molecule has 1 saturated carbocycles. The predicted octanol–water partition coefficient (Wildman–Crippen LogP) is 4.44. The number of pyridine rings is 1. The van der Waals surface area contributed by atoms with E-state index in [1.54, 1.807) is 0 Å². The summed E-state index contributed by atoms with van der Waals surface area (Å²) < 4.78 is 52.9. The molecule has 34 heavy (non-hydrogen) atoms. The molecule has 0 aliphatic heterocycles. The molecule has 0 atom stereocenters. The van der Waals surface area contributed by atoms with Crippen LogP contribution >= 0.6 is 0 Å². The van der Waals surface area contributed by atoms with Gasteiger partial charge in [0.2, 0.25) is 5.91 Å². The summed E-state index contributed by atoms with van der Waals surface area (Å²) in [6.45, 7) is 0.0806. The molecule has 1 aliphatic carbocycles. The first-order valence-corrected chi connectivity index (χ1v) is 10.3. The van der Waals surface area contributed by atoms with Crippen LogP contribution in [-0.4, -0.2) is 26.6 Å². The Morgan fingerprint density at radius 1 is 1.03 bits per heavy atom. The lowest BCUT2D eigenvalue weighted by Crippen LogP contribution is -2.33. The van der Waals surface area contributed by atoms with Crippen molar-refractivity contribution in [2.45, 2.75) is 32.0 Å². The number of hydrogen-bond donors (Lipinski definition) is 2. The number of ketones is 1. The van der Waals surface area contributed by atoms with Gasteiger partial charge in [-0.05, 0) is 43.2 Å². The number of benzene rings is 1. The fraction of sp³-hybridized carbons (Fsp3) is 0.261. The number of nitrogens with zero attached hydrogens (tertiary/aromatic N) is 3. The Balaban J connectivity index is 1.35. The molecule has 1 amide bonds.